The number of hydrazine groups is 1. The Hall–Kier alpha value is -1.40. The largest absolute Gasteiger partial charge is 0.374 e. The van der Waals surface area contributed by atoms with Crippen molar-refractivity contribution in [3.8, 4) is 0 Å². The number of nitrogens with zero attached hydrogens (tertiary/aromatic N) is 2. The first kappa shape index (κ1) is 12.1. The highest BCUT2D eigenvalue weighted by Gasteiger charge is 2.37. The molecule has 6 heteroatoms. The van der Waals surface area contributed by atoms with Crippen LogP contribution in [0.4, 0.5) is 11.6 Å². The Morgan fingerprint density at radius 1 is 1.41 bits per heavy atom. The van der Waals surface area contributed by atoms with Crippen molar-refractivity contribution < 1.29 is 4.74 Å². The van der Waals surface area contributed by atoms with Crippen LogP contribution < -0.4 is 16.6 Å². The minimum absolute atomic E-state index is 0.184. The van der Waals surface area contributed by atoms with E-state index < -0.39 is 0 Å². The highest BCUT2D eigenvalue weighted by Crippen LogP contribution is 2.37. The van der Waals surface area contributed by atoms with E-state index in [2.05, 4.69) is 27.6 Å². The van der Waals surface area contributed by atoms with Gasteiger partial charge in [-0.05, 0) is 26.7 Å². The van der Waals surface area contributed by atoms with E-state index in [0.29, 0.717) is 24.9 Å². The lowest BCUT2D eigenvalue weighted by atomic mass is 10.3. The molecule has 0 bridgehead atoms. The van der Waals surface area contributed by atoms with Crippen molar-refractivity contribution in [2.24, 2.45) is 5.84 Å². The van der Waals surface area contributed by atoms with Crippen LogP contribution in [0.25, 0.3) is 0 Å². The quantitative estimate of drug-likeness (QED) is 0.510. The number of rotatable bonds is 6. The second-order valence-electron chi connectivity index (χ2n) is 4.52. The van der Waals surface area contributed by atoms with E-state index in [9.17, 15) is 0 Å². The van der Waals surface area contributed by atoms with Gasteiger partial charge in [-0.15, -0.1) is 0 Å². The van der Waals surface area contributed by atoms with E-state index in [1.54, 1.807) is 6.07 Å². The Balaban J connectivity index is 2.12. The number of hydrogen-bond acceptors (Lipinski definition) is 6. The number of anilines is 2. The van der Waals surface area contributed by atoms with Crippen LogP contribution in [0.15, 0.2) is 6.07 Å². The molecule has 1 saturated carbocycles. The summed E-state index contributed by atoms with van der Waals surface area (Å²) in [6.07, 6.45) is 2.34. The van der Waals surface area contributed by atoms with Crippen molar-refractivity contribution >= 4 is 11.6 Å². The zero-order chi connectivity index (χ0) is 12.3. The van der Waals surface area contributed by atoms with Crippen LogP contribution in [-0.2, 0) is 11.3 Å². The van der Waals surface area contributed by atoms with Crippen molar-refractivity contribution in [3.63, 3.8) is 0 Å². The summed E-state index contributed by atoms with van der Waals surface area (Å²) in [4.78, 5) is 8.63. The molecule has 1 aliphatic rings. The van der Waals surface area contributed by atoms with Crippen molar-refractivity contribution in [2.75, 3.05) is 17.3 Å². The maximum atomic E-state index is 5.39. The molecular weight excluding hydrogens is 218 g/mol. The van der Waals surface area contributed by atoms with Gasteiger partial charge in [0.15, 0.2) is 5.82 Å². The minimum Gasteiger partial charge on any atom is -0.374 e. The summed E-state index contributed by atoms with van der Waals surface area (Å²) in [5.74, 6) is 7.41. The lowest BCUT2D eigenvalue weighted by Gasteiger charge is -2.14. The van der Waals surface area contributed by atoms with Gasteiger partial charge in [-0.1, -0.05) is 0 Å². The third-order valence-electron chi connectivity index (χ3n) is 2.79. The second kappa shape index (κ2) is 4.85. The van der Waals surface area contributed by atoms with Gasteiger partial charge in [-0.25, -0.2) is 15.8 Å². The second-order valence-corrected chi connectivity index (χ2v) is 4.52. The summed E-state index contributed by atoms with van der Waals surface area (Å²) in [5.41, 5.74) is 2.73. The van der Waals surface area contributed by atoms with Crippen LogP contribution in [0.1, 0.15) is 32.5 Å². The fraction of sp³-hybridized carbons (Fsp3) is 0.636. The third-order valence-corrected chi connectivity index (χ3v) is 2.79. The summed E-state index contributed by atoms with van der Waals surface area (Å²) in [5, 5.41) is 3.38. The number of nitrogen functional groups attached to an aromatic ring is 1. The summed E-state index contributed by atoms with van der Waals surface area (Å²) in [6.45, 7) is 5.16. The van der Waals surface area contributed by atoms with Crippen molar-refractivity contribution in [2.45, 2.75) is 38.8 Å². The van der Waals surface area contributed by atoms with Crippen molar-refractivity contribution in [1.82, 2.24) is 9.97 Å². The molecule has 94 valence electrons. The van der Waals surface area contributed by atoms with E-state index in [0.717, 1.165) is 5.82 Å². The zero-order valence-electron chi connectivity index (χ0n) is 10.3. The molecule has 4 N–H and O–H groups in total. The number of aromatic nitrogens is 2. The van der Waals surface area contributed by atoms with E-state index >= 15 is 0 Å². The third kappa shape index (κ3) is 3.28. The van der Waals surface area contributed by atoms with Crippen LogP contribution in [0.3, 0.4) is 0 Å². The Morgan fingerprint density at radius 3 is 2.71 bits per heavy atom. The highest BCUT2D eigenvalue weighted by atomic mass is 16.5. The first-order valence-electron chi connectivity index (χ1n) is 5.86. The maximum Gasteiger partial charge on any atom is 0.158 e. The van der Waals surface area contributed by atoms with Gasteiger partial charge in [0.05, 0.1) is 0 Å². The summed E-state index contributed by atoms with van der Waals surface area (Å²) < 4.78 is 5.30. The molecule has 6 nitrogen and oxygen atoms in total. The van der Waals surface area contributed by atoms with Gasteiger partial charge in [-0.3, -0.25) is 0 Å². The molecule has 0 radical (unpaired) electrons. The average Bonchev–Trinajstić information content (AvgIpc) is 3.03. The highest BCUT2D eigenvalue weighted by molar-refractivity contribution is 5.49. The molecule has 2 rings (SSSR count). The number of nitrogens with two attached hydrogens (primary N) is 1. The zero-order valence-corrected chi connectivity index (χ0v) is 10.3. The average molecular weight is 237 g/mol. The first-order valence-corrected chi connectivity index (χ1v) is 5.86. The van der Waals surface area contributed by atoms with E-state index in [4.69, 9.17) is 10.6 Å². The van der Waals surface area contributed by atoms with Crippen molar-refractivity contribution in [1.29, 1.82) is 0 Å². The van der Waals surface area contributed by atoms with E-state index in [1.807, 2.05) is 6.92 Å². The lowest BCUT2D eigenvalue weighted by molar-refractivity contribution is 0.128. The van der Waals surface area contributed by atoms with Crippen LogP contribution >= 0.6 is 0 Å². The van der Waals surface area contributed by atoms with Gasteiger partial charge < -0.3 is 15.5 Å². The summed E-state index contributed by atoms with van der Waals surface area (Å²) in [6, 6.07) is 1.80. The van der Waals surface area contributed by atoms with Crippen molar-refractivity contribution in [3.05, 3.63) is 11.9 Å². The van der Waals surface area contributed by atoms with Gasteiger partial charge in [-0.2, -0.15) is 0 Å². The SMILES string of the molecule is CCOCc1nc(NN)cc(NC2(C)CC2)n1. The van der Waals surface area contributed by atoms with Gasteiger partial charge in [0, 0.05) is 18.2 Å². The standard InChI is InChI=1S/C11H19N5O/c1-3-17-7-10-13-8(6-9(14-10)16-12)15-11(2)4-5-11/h6H,3-5,7,12H2,1-2H3,(H2,13,14,15,16). The molecule has 1 heterocycles. The molecular formula is C11H19N5O. The molecule has 1 aromatic rings. The van der Waals surface area contributed by atoms with Crippen LogP contribution in [0, 0.1) is 0 Å². The smallest absolute Gasteiger partial charge is 0.158 e. The van der Waals surface area contributed by atoms with Gasteiger partial charge in [0.1, 0.15) is 18.2 Å². The predicted molar refractivity (Wildman–Crippen MR) is 66.4 cm³/mol. The first-order chi connectivity index (χ1) is 8.15. The lowest BCUT2D eigenvalue weighted by Crippen LogP contribution is -2.19. The van der Waals surface area contributed by atoms with Crippen LogP contribution in [-0.4, -0.2) is 22.1 Å². The number of ether oxygens (including phenoxy) is 1. The molecule has 17 heavy (non-hydrogen) atoms. The Morgan fingerprint density at radius 2 is 2.12 bits per heavy atom. The van der Waals surface area contributed by atoms with Gasteiger partial charge in [0.2, 0.25) is 0 Å². The fourth-order valence-electron chi connectivity index (χ4n) is 1.51. The maximum absolute atomic E-state index is 5.39. The fourth-order valence-corrected chi connectivity index (χ4v) is 1.51. The molecule has 1 aliphatic carbocycles. The molecule has 0 saturated heterocycles. The van der Waals surface area contributed by atoms with Gasteiger partial charge in [0.25, 0.3) is 0 Å². The van der Waals surface area contributed by atoms with E-state index in [-0.39, 0.29) is 5.54 Å². The van der Waals surface area contributed by atoms with Crippen LogP contribution in [0.2, 0.25) is 0 Å². The van der Waals surface area contributed by atoms with E-state index in [1.165, 1.54) is 12.8 Å². The normalized spacial score (nSPS) is 16.6. The summed E-state index contributed by atoms with van der Waals surface area (Å²) in [7, 11) is 0. The van der Waals surface area contributed by atoms with Gasteiger partial charge >= 0.3 is 0 Å². The minimum atomic E-state index is 0.184. The number of hydrogen-bond donors (Lipinski definition) is 3. The Labute approximate surface area is 101 Å². The molecule has 0 unspecified atom stereocenters. The molecule has 1 fully saturated rings. The number of nitrogens with one attached hydrogen (secondary N) is 2. The molecule has 1 aromatic heterocycles. The Kier molecular flexibility index (Phi) is 3.44. The van der Waals surface area contributed by atoms with Crippen LogP contribution in [0.5, 0.6) is 0 Å². The molecule has 0 atom stereocenters. The molecule has 0 aliphatic heterocycles. The predicted octanol–water partition coefficient (Wildman–Crippen LogP) is 1.26. The summed E-state index contributed by atoms with van der Waals surface area (Å²) >= 11 is 0. The topological polar surface area (TPSA) is 85.1 Å². The molecule has 0 aromatic carbocycles. The molecule has 0 spiro atoms. The molecule has 0 amide bonds. The Bertz CT molecular complexity index is 391. The monoisotopic (exact) mass is 237 g/mol.